The predicted molar refractivity (Wildman–Crippen MR) is 87.7 cm³/mol. The van der Waals surface area contributed by atoms with Crippen LogP contribution in [-0.4, -0.2) is 26.2 Å². The summed E-state index contributed by atoms with van der Waals surface area (Å²) in [6.07, 6.45) is 2.14. The third kappa shape index (κ3) is 2.68. The van der Waals surface area contributed by atoms with Crippen molar-refractivity contribution in [3.05, 3.63) is 59.7 Å². The van der Waals surface area contributed by atoms with E-state index >= 15 is 0 Å². The number of hydrogen-bond donors (Lipinski definition) is 0. The Morgan fingerprint density at radius 1 is 1.17 bits per heavy atom. The summed E-state index contributed by atoms with van der Waals surface area (Å²) in [6, 6.07) is 12.8. The van der Waals surface area contributed by atoms with Crippen molar-refractivity contribution in [2.45, 2.75) is 33.0 Å². The second-order valence-electron chi connectivity index (χ2n) is 6.15. The predicted octanol–water partition coefficient (Wildman–Crippen LogP) is 3.42. The van der Waals surface area contributed by atoms with Crippen LogP contribution in [0.1, 0.15) is 30.1 Å². The Morgan fingerprint density at radius 2 is 2.00 bits per heavy atom. The van der Waals surface area contributed by atoms with Crippen LogP contribution in [0.25, 0.3) is 11.4 Å². The van der Waals surface area contributed by atoms with E-state index in [1.54, 1.807) is 0 Å². The first-order chi connectivity index (χ1) is 11.2. The van der Waals surface area contributed by atoms with Gasteiger partial charge >= 0.3 is 0 Å². The van der Waals surface area contributed by atoms with Crippen molar-refractivity contribution in [2.24, 2.45) is 0 Å². The molecule has 0 bridgehead atoms. The molecule has 0 amide bonds. The van der Waals surface area contributed by atoms with Crippen LogP contribution in [0, 0.1) is 6.92 Å². The summed E-state index contributed by atoms with van der Waals surface area (Å²) in [6.45, 7) is 6.98. The molecule has 5 nitrogen and oxygen atoms in total. The van der Waals surface area contributed by atoms with E-state index in [-0.39, 0.29) is 0 Å². The lowest BCUT2D eigenvalue weighted by Crippen LogP contribution is -2.35. The van der Waals surface area contributed by atoms with Crippen LogP contribution in [0.2, 0.25) is 0 Å². The first-order valence-corrected chi connectivity index (χ1v) is 7.99. The molecule has 1 atom stereocenters. The Morgan fingerprint density at radius 3 is 2.83 bits per heavy atom. The van der Waals surface area contributed by atoms with E-state index in [4.69, 9.17) is 4.52 Å². The molecule has 0 fully saturated rings. The highest BCUT2D eigenvalue weighted by molar-refractivity contribution is 5.54. The number of rotatable bonds is 3. The summed E-state index contributed by atoms with van der Waals surface area (Å²) in [5.74, 6) is 1.33. The van der Waals surface area contributed by atoms with Crippen molar-refractivity contribution in [3.63, 3.8) is 0 Å². The van der Waals surface area contributed by atoms with Gasteiger partial charge in [-0.15, -0.1) is 0 Å². The standard InChI is InChI=1S/C18H20N4O/c1-13-5-7-15(8-6-13)18-19-17(23-20-18)12-22-11-10-21-9-3-4-16(21)14(22)2/h3-9,14H,10-12H2,1-2H3. The van der Waals surface area contributed by atoms with Gasteiger partial charge in [0.1, 0.15) is 0 Å². The molecule has 3 heterocycles. The van der Waals surface area contributed by atoms with Crippen LogP contribution >= 0.6 is 0 Å². The van der Waals surface area contributed by atoms with Crippen LogP contribution in [-0.2, 0) is 13.1 Å². The van der Waals surface area contributed by atoms with E-state index in [9.17, 15) is 0 Å². The number of nitrogens with zero attached hydrogens (tertiary/aromatic N) is 4. The highest BCUT2D eigenvalue weighted by Gasteiger charge is 2.25. The molecule has 118 valence electrons. The van der Waals surface area contributed by atoms with Crippen LogP contribution in [0.3, 0.4) is 0 Å². The Labute approximate surface area is 135 Å². The lowest BCUT2D eigenvalue weighted by atomic mass is 10.1. The molecule has 0 radical (unpaired) electrons. The molecule has 0 spiro atoms. The van der Waals surface area contributed by atoms with E-state index < -0.39 is 0 Å². The fraction of sp³-hybridized carbons (Fsp3) is 0.333. The molecule has 0 saturated heterocycles. The van der Waals surface area contributed by atoms with Crippen LogP contribution < -0.4 is 0 Å². The summed E-state index contributed by atoms with van der Waals surface area (Å²) < 4.78 is 7.77. The Balaban J connectivity index is 1.51. The zero-order valence-electron chi connectivity index (χ0n) is 13.4. The van der Waals surface area contributed by atoms with Gasteiger partial charge in [0.2, 0.25) is 11.7 Å². The molecule has 5 heteroatoms. The smallest absolute Gasteiger partial charge is 0.241 e. The van der Waals surface area contributed by atoms with Crippen molar-refractivity contribution in [3.8, 4) is 11.4 Å². The van der Waals surface area contributed by atoms with Crippen molar-refractivity contribution in [2.75, 3.05) is 6.54 Å². The average molecular weight is 308 g/mol. The number of benzene rings is 1. The fourth-order valence-corrected chi connectivity index (χ4v) is 3.16. The minimum atomic E-state index is 0.355. The first kappa shape index (κ1) is 14.2. The van der Waals surface area contributed by atoms with E-state index in [1.807, 2.05) is 12.1 Å². The quantitative estimate of drug-likeness (QED) is 0.744. The highest BCUT2D eigenvalue weighted by Crippen LogP contribution is 2.27. The molecular formula is C18H20N4O. The minimum absolute atomic E-state index is 0.355. The van der Waals surface area contributed by atoms with Gasteiger partial charge in [-0.2, -0.15) is 4.98 Å². The topological polar surface area (TPSA) is 47.1 Å². The van der Waals surface area contributed by atoms with Gasteiger partial charge in [-0.3, -0.25) is 4.90 Å². The van der Waals surface area contributed by atoms with Gasteiger partial charge in [-0.1, -0.05) is 35.0 Å². The largest absolute Gasteiger partial charge is 0.349 e. The maximum Gasteiger partial charge on any atom is 0.241 e. The van der Waals surface area contributed by atoms with Gasteiger partial charge < -0.3 is 9.09 Å². The fourth-order valence-electron chi connectivity index (χ4n) is 3.16. The number of hydrogen-bond acceptors (Lipinski definition) is 4. The lowest BCUT2D eigenvalue weighted by Gasteiger charge is -2.33. The van der Waals surface area contributed by atoms with Gasteiger partial charge in [0.25, 0.3) is 0 Å². The molecule has 1 aliphatic rings. The normalized spacial score (nSPS) is 18.1. The van der Waals surface area contributed by atoms with Gasteiger partial charge in [0, 0.05) is 36.6 Å². The molecular weight excluding hydrogens is 288 g/mol. The van der Waals surface area contributed by atoms with Crippen LogP contribution in [0.15, 0.2) is 47.1 Å². The maximum atomic E-state index is 5.46. The highest BCUT2D eigenvalue weighted by atomic mass is 16.5. The number of aryl methyl sites for hydroxylation is 1. The summed E-state index contributed by atoms with van der Waals surface area (Å²) in [7, 11) is 0. The molecule has 23 heavy (non-hydrogen) atoms. The van der Waals surface area contributed by atoms with Crippen LogP contribution in [0.4, 0.5) is 0 Å². The second kappa shape index (κ2) is 5.66. The van der Waals surface area contributed by atoms with Gasteiger partial charge in [-0.25, -0.2) is 0 Å². The lowest BCUT2D eigenvalue weighted by molar-refractivity contribution is 0.141. The summed E-state index contributed by atoms with van der Waals surface area (Å²) in [4.78, 5) is 6.93. The van der Waals surface area contributed by atoms with E-state index in [0.29, 0.717) is 24.3 Å². The molecule has 3 aromatic rings. The Hall–Kier alpha value is -2.40. The number of fused-ring (bicyclic) bond motifs is 1. The van der Waals surface area contributed by atoms with Gasteiger partial charge in [0.05, 0.1) is 6.54 Å². The monoisotopic (exact) mass is 308 g/mol. The molecule has 1 aliphatic heterocycles. The second-order valence-corrected chi connectivity index (χ2v) is 6.15. The third-order valence-electron chi connectivity index (χ3n) is 4.58. The Kier molecular flexibility index (Phi) is 3.50. The zero-order valence-corrected chi connectivity index (χ0v) is 13.4. The molecule has 0 aliphatic carbocycles. The van der Waals surface area contributed by atoms with Gasteiger partial charge in [-0.05, 0) is 26.0 Å². The molecule has 1 aromatic carbocycles. The average Bonchev–Trinajstić information content (AvgIpc) is 3.20. The van der Waals surface area contributed by atoms with Crippen molar-refractivity contribution in [1.29, 1.82) is 0 Å². The van der Waals surface area contributed by atoms with E-state index in [0.717, 1.165) is 18.7 Å². The van der Waals surface area contributed by atoms with E-state index in [1.165, 1.54) is 11.3 Å². The maximum absolute atomic E-state index is 5.46. The molecule has 1 unspecified atom stereocenters. The molecule has 4 rings (SSSR count). The van der Waals surface area contributed by atoms with Crippen LogP contribution in [0.5, 0.6) is 0 Å². The summed E-state index contributed by atoms with van der Waals surface area (Å²) in [5, 5.41) is 4.12. The third-order valence-corrected chi connectivity index (χ3v) is 4.58. The van der Waals surface area contributed by atoms with Crippen molar-refractivity contribution < 1.29 is 4.52 Å². The van der Waals surface area contributed by atoms with Gasteiger partial charge in [0.15, 0.2) is 0 Å². The molecule has 0 N–H and O–H groups in total. The van der Waals surface area contributed by atoms with E-state index in [2.05, 4.69) is 63.9 Å². The Bertz CT molecular complexity index is 803. The minimum Gasteiger partial charge on any atom is -0.349 e. The van der Waals surface area contributed by atoms with Crippen molar-refractivity contribution >= 4 is 0 Å². The summed E-state index contributed by atoms with van der Waals surface area (Å²) in [5.41, 5.74) is 3.56. The SMILES string of the molecule is Cc1ccc(-c2noc(CN3CCn4cccc4C3C)n2)cc1. The zero-order chi connectivity index (χ0) is 15.8. The number of aromatic nitrogens is 3. The molecule has 2 aromatic heterocycles. The first-order valence-electron chi connectivity index (χ1n) is 7.99. The van der Waals surface area contributed by atoms with Crippen molar-refractivity contribution in [1.82, 2.24) is 19.6 Å². The summed E-state index contributed by atoms with van der Waals surface area (Å²) >= 11 is 0. The molecule has 0 saturated carbocycles.